The van der Waals surface area contributed by atoms with Crippen LogP contribution in [0.15, 0.2) is 40.9 Å². The lowest BCUT2D eigenvalue weighted by Crippen LogP contribution is -2.00. The van der Waals surface area contributed by atoms with E-state index in [9.17, 15) is 4.39 Å². The first-order valence-electron chi connectivity index (χ1n) is 5.19. The molecular weight excluding hydrogens is 340 g/mol. The number of halogens is 4. The summed E-state index contributed by atoms with van der Waals surface area (Å²) in [7, 11) is 0. The third-order valence-electron chi connectivity index (χ3n) is 2.40. The Bertz CT molecular complexity index is 575. The molecule has 0 aliphatic heterocycles. The predicted molar refractivity (Wildman–Crippen MR) is 77.9 cm³/mol. The Morgan fingerprint density at radius 2 is 1.78 bits per heavy atom. The molecule has 0 atom stereocenters. The number of nitrogens with one attached hydrogen (secondary N) is 1. The fraction of sp³-hybridized carbons (Fsp3) is 0.0769. The minimum atomic E-state index is -0.320. The van der Waals surface area contributed by atoms with Crippen molar-refractivity contribution in [1.29, 1.82) is 0 Å². The van der Waals surface area contributed by atoms with Gasteiger partial charge in [0.15, 0.2) is 0 Å². The Morgan fingerprint density at radius 1 is 1.06 bits per heavy atom. The summed E-state index contributed by atoms with van der Waals surface area (Å²) in [5, 5.41) is 4.23. The van der Waals surface area contributed by atoms with Crippen molar-refractivity contribution < 1.29 is 4.39 Å². The topological polar surface area (TPSA) is 12.0 Å². The summed E-state index contributed by atoms with van der Waals surface area (Å²) in [5.41, 5.74) is 1.59. The van der Waals surface area contributed by atoms with Crippen LogP contribution in [0.2, 0.25) is 10.0 Å². The van der Waals surface area contributed by atoms with Crippen molar-refractivity contribution in [2.24, 2.45) is 0 Å². The van der Waals surface area contributed by atoms with Gasteiger partial charge in [-0.15, -0.1) is 0 Å². The summed E-state index contributed by atoms with van der Waals surface area (Å²) in [6, 6.07) is 9.82. The average Bonchev–Trinajstić information content (AvgIpc) is 2.34. The van der Waals surface area contributed by atoms with Crippen LogP contribution < -0.4 is 5.32 Å². The van der Waals surface area contributed by atoms with Crippen molar-refractivity contribution >= 4 is 44.8 Å². The molecular formula is C13H9BrCl2FN. The Labute approximate surface area is 123 Å². The van der Waals surface area contributed by atoms with Gasteiger partial charge in [0.2, 0.25) is 0 Å². The van der Waals surface area contributed by atoms with Crippen molar-refractivity contribution in [3.05, 3.63) is 62.3 Å². The molecule has 0 unspecified atom stereocenters. The molecule has 0 saturated carbocycles. The zero-order valence-corrected chi connectivity index (χ0v) is 12.3. The molecule has 0 spiro atoms. The lowest BCUT2D eigenvalue weighted by molar-refractivity contribution is 0.628. The summed E-state index contributed by atoms with van der Waals surface area (Å²) >= 11 is 15.2. The standard InChI is InChI=1S/C13H9BrCl2FN/c14-10-5-8(1-3-11(10)15)7-18-13-6-9(17)2-4-12(13)16/h1-6,18H,7H2. The number of anilines is 1. The number of rotatable bonds is 3. The zero-order valence-electron chi connectivity index (χ0n) is 9.18. The number of benzene rings is 2. The van der Waals surface area contributed by atoms with Crippen LogP contribution in [0.4, 0.5) is 10.1 Å². The van der Waals surface area contributed by atoms with E-state index in [0.717, 1.165) is 10.0 Å². The minimum Gasteiger partial charge on any atom is -0.380 e. The highest BCUT2D eigenvalue weighted by molar-refractivity contribution is 9.10. The molecule has 1 N–H and O–H groups in total. The normalized spacial score (nSPS) is 10.4. The highest BCUT2D eigenvalue weighted by atomic mass is 79.9. The van der Waals surface area contributed by atoms with Crippen LogP contribution in [0.3, 0.4) is 0 Å². The fourth-order valence-corrected chi connectivity index (χ4v) is 2.21. The molecule has 0 heterocycles. The van der Waals surface area contributed by atoms with E-state index in [-0.39, 0.29) is 5.82 Å². The molecule has 2 aromatic rings. The van der Waals surface area contributed by atoms with Gasteiger partial charge in [0, 0.05) is 11.0 Å². The molecule has 0 aliphatic rings. The first-order chi connectivity index (χ1) is 8.56. The monoisotopic (exact) mass is 347 g/mol. The van der Waals surface area contributed by atoms with E-state index in [0.29, 0.717) is 22.3 Å². The van der Waals surface area contributed by atoms with Crippen LogP contribution in [0.25, 0.3) is 0 Å². The maximum absolute atomic E-state index is 13.1. The molecule has 0 saturated heterocycles. The highest BCUT2D eigenvalue weighted by Gasteiger charge is 2.03. The van der Waals surface area contributed by atoms with Crippen LogP contribution in [-0.4, -0.2) is 0 Å². The first kappa shape index (κ1) is 13.7. The quantitative estimate of drug-likeness (QED) is 0.771. The molecule has 18 heavy (non-hydrogen) atoms. The predicted octanol–water partition coefficient (Wildman–Crippen LogP) is 5.51. The summed E-state index contributed by atoms with van der Waals surface area (Å²) in [6.45, 7) is 0.541. The van der Waals surface area contributed by atoms with E-state index in [4.69, 9.17) is 23.2 Å². The third kappa shape index (κ3) is 3.37. The van der Waals surface area contributed by atoms with Crippen LogP contribution in [0.1, 0.15) is 5.56 Å². The minimum absolute atomic E-state index is 0.320. The highest BCUT2D eigenvalue weighted by Crippen LogP contribution is 2.25. The van der Waals surface area contributed by atoms with Gasteiger partial charge in [-0.1, -0.05) is 29.3 Å². The molecule has 0 aliphatic carbocycles. The maximum Gasteiger partial charge on any atom is 0.125 e. The fourth-order valence-electron chi connectivity index (χ4n) is 1.48. The molecule has 0 amide bonds. The van der Waals surface area contributed by atoms with Crippen LogP contribution in [0.5, 0.6) is 0 Å². The summed E-state index contributed by atoms with van der Waals surface area (Å²) in [6.07, 6.45) is 0. The maximum atomic E-state index is 13.1. The Balaban J connectivity index is 2.11. The summed E-state index contributed by atoms with van der Waals surface area (Å²) in [5.74, 6) is -0.320. The van der Waals surface area contributed by atoms with Crippen LogP contribution >= 0.6 is 39.1 Å². The molecule has 2 rings (SSSR count). The summed E-state index contributed by atoms with van der Waals surface area (Å²) in [4.78, 5) is 0. The molecule has 0 fully saturated rings. The molecule has 0 bridgehead atoms. The lowest BCUT2D eigenvalue weighted by Gasteiger charge is -2.09. The van der Waals surface area contributed by atoms with Gasteiger partial charge in [0.25, 0.3) is 0 Å². The smallest absolute Gasteiger partial charge is 0.125 e. The van der Waals surface area contributed by atoms with Gasteiger partial charge >= 0.3 is 0 Å². The number of hydrogen-bond acceptors (Lipinski definition) is 1. The van der Waals surface area contributed by atoms with E-state index >= 15 is 0 Å². The van der Waals surface area contributed by atoms with Crippen molar-refractivity contribution in [1.82, 2.24) is 0 Å². The van der Waals surface area contributed by atoms with Crippen LogP contribution in [0, 0.1) is 5.82 Å². The summed E-state index contributed by atoms with van der Waals surface area (Å²) < 4.78 is 13.9. The molecule has 1 nitrogen and oxygen atoms in total. The third-order valence-corrected chi connectivity index (χ3v) is 3.94. The molecule has 94 valence electrons. The van der Waals surface area contributed by atoms with E-state index in [1.807, 2.05) is 12.1 Å². The second kappa shape index (κ2) is 5.91. The van der Waals surface area contributed by atoms with Crippen molar-refractivity contribution in [3.8, 4) is 0 Å². The molecule has 5 heteroatoms. The van der Waals surface area contributed by atoms with E-state index in [1.54, 1.807) is 6.07 Å². The van der Waals surface area contributed by atoms with E-state index in [2.05, 4.69) is 21.2 Å². The van der Waals surface area contributed by atoms with E-state index < -0.39 is 0 Å². The van der Waals surface area contributed by atoms with Gasteiger partial charge in [0.1, 0.15) is 5.82 Å². The van der Waals surface area contributed by atoms with Crippen LogP contribution in [-0.2, 0) is 6.54 Å². The SMILES string of the molecule is Fc1ccc(Cl)c(NCc2ccc(Cl)c(Br)c2)c1. The van der Waals surface area contributed by atoms with Gasteiger partial charge in [-0.2, -0.15) is 0 Å². The Morgan fingerprint density at radius 3 is 2.50 bits per heavy atom. The van der Waals surface area contributed by atoms with Gasteiger partial charge < -0.3 is 5.32 Å². The Kier molecular flexibility index (Phi) is 4.49. The lowest BCUT2D eigenvalue weighted by atomic mass is 10.2. The van der Waals surface area contributed by atoms with Crippen molar-refractivity contribution in [3.63, 3.8) is 0 Å². The average molecular weight is 349 g/mol. The largest absolute Gasteiger partial charge is 0.380 e. The first-order valence-corrected chi connectivity index (χ1v) is 6.74. The second-order valence-electron chi connectivity index (χ2n) is 3.73. The Hall–Kier alpha value is -0.770. The zero-order chi connectivity index (χ0) is 13.1. The number of hydrogen-bond donors (Lipinski definition) is 1. The molecule has 0 aromatic heterocycles. The van der Waals surface area contributed by atoms with Crippen molar-refractivity contribution in [2.45, 2.75) is 6.54 Å². The second-order valence-corrected chi connectivity index (χ2v) is 5.39. The van der Waals surface area contributed by atoms with E-state index in [1.165, 1.54) is 18.2 Å². The van der Waals surface area contributed by atoms with Gasteiger partial charge in [-0.05, 0) is 51.8 Å². The van der Waals surface area contributed by atoms with Crippen molar-refractivity contribution in [2.75, 3.05) is 5.32 Å². The van der Waals surface area contributed by atoms with Gasteiger partial charge in [0.05, 0.1) is 15.7 Å². The molecule has 2 aromatic carbocycles. The van der Waals surface area contributed by atoms with Gasteiger partial charge in [-0.25, -0.2) is 4.39 Å². The van der Waals surface area contributed by atoms with Gasteiger partial charge in [-0.3, -0.25) is 0 Å². The molecule has 0 radical (unpaired) electrons.